The first-order chi connectivity index (χ1) is 8.90. The van der Waals surface area contributed by atoms with Crippen molar-refractivity contribution >= 4 is 40.8 Å². The van der Waals surface area contributed by atoms with E-state index in [1.54, 1.807) is 18.2 Å². The van der Waals surface area contributed by atoms with Crippen molar-refractivity contribution in [1.82, 2.24) is 5.32 Å². The van der Waals surface area contributed by atoms with Crippen molar-refractivity contribution in [1.29, 1.82) is 0 Å². The maximum Gasteiger partial charge on any atom is 0.320 e. The van der Waals surface area contributed by atoms with Gasteiger partial charge >= 0.3 is 5.97 Å². The molecule has 3 N–H and O–H groups in total. The van der Waals surface area contributed by atoms with Crippen molar-refractivity contribution in [3.8, 4) is 0 Å². The summed E-state index contributed by atoms with van der Waals surface area (Å²) >= 11 is 11.7. The quantitative estimate of drug-likeness (QED) is 0.754. The molecular weight excluding hydrogens is 291 g/mol. The van der Waals surface area contributed by atoms with Gasteiger partial charge in [0, 0.05) is 18.0 Å². The summed E-state index contributed by atoms with van der Waals surface area (Å²) in [7, 11) is 0. The molecule has 0 radical (unpaired) electrons. The Kier molecular flexibility index (Phi) is 6.08. The lowest BCUT2D eigenvalue weighted by Gasteiger charge is -2.10. The second-order valence-corrected chi connectivity index (χ2v) is 4.78. The van der Waals surface area contributed by atoms with E-state index in [1.165, 1.54) is 6.92 Å². The van der Waals surface area contributed by atoms with Gasteiger partial charge in [0.05, 0.1) is 10.7 Å². The van der Waals surface area contributed by atoms with Crippen LogP contribution < -0.4 is 10.6 Å². The molecule has 0 fully saturated rings. The van der Waals surface area contributed by atoms with E-state index in [9.17, 15) is 9.59 Å². The van der Waals surface area contributed by atoms with E-state index in [4.69, 9.17) is 28.3 Å². The van der Waals surface area contributed by atoms with Gasteiger partial charge in [0.2, 0.25) is 5.91 Å². The maximum atomic E-state index is 11.6. The molecule has 0 saturated carbocycles. The highest BCUT2D eigenvalue weighted by Gasteiger charge is 2.11. The number of benzene rings is 1. The first kappa shape index (κ1) is 15.8. The molecule has 0 aromatic heterocycles. The number of halogens is 2. The second kappa shape index (κ2) is 7.33. The Morgan fingerprint density at radius 2 is 2.05 bits per heavy atom. The van der Waals surface area contributed by atoms with Crippen LogP contribution in [0.25, 0.3) is 0 Å². The zero-order valence-corrected chi connectivity index (χ0v) is 11.8. The zero-order valence-electron chi connectivity index (χ0n) is 10.2. The van der Waals surface area contributed by atoms with Crippen LogP contribution in [-0.4, -0.2) is 29.6 Å². The lowest BCUT2D eigenvalue weighted by molar-refractivity contribution is -0.139. The summed E-state index contributed by atoms with van der Waals surface area (Å²) in [5.41, 5.74) is 0.436. The molecule has 104 valence electrons. The molecule has 0 spiro atoms. The van der Waals surface area contributed by atoms with Crippen LogP contribution in [-0.2, 0) is 9.59 Å². The van der Waals surface area contributed by atoms with Gasteiger partial charge in [-0.15, -0.1) is 0 Å². The van der Waals surface area contributed by atoms with E-state index in [0.717, 1.165) is 0 Å². The van der Waals surface area contributed by atoms with E-state index < -0.39 is 12.0 Å². The smallest absolute Gasteiger partial charge is 0.320 e. The van der Waals surface area contributed by atoms with E-state index in [2.05, 4.69) is 10.6 Å². The van der Waals surface area contributed by atoms with E-state index in [-0.39, 0.29) is 18.9 Å². The number of carboxylic acids is 1. The number of nitrogens with one attached hydrogen (secondary N) is 2. The molecule has 0 unspecified atom stereocenters. The Balaban J connectivity index is 2.43. The third-order valence-electron chi connectivity index (χ3n) is 2.38. The molecule has 1 aromatic rings. The minimum absolute atomic E-state index is 0.139. The molecule has 1 atom stereocenters. The molecule has 0 heterocycles. The number of carbonyl (C=O) groups excluding carboxylic acids is 1. The van der Waals surface area contributed by atoms with Crippen molar-refractivity contribution in [3.63, 3.8) is 0 Å². The predicted octanol–water partition coefficient (Wildman–Crippen LogP) is 2.38. The molecule has 0 aliphatic heterocycles. The number of carboxylic acid groups (broad SMARTS) is 1. The first-order valence-electron chi connectivity index (χ1n) is 5.61. The van der Waals surface area contributed by atoms with Gasteiger partial charge in [-0.3, -0.25) is 9.59 Å². The maximum absolute atomic E-state index is 11.6. The Morgan fingerprint density at radius 1 is 1.37 bits per heavy atom. The summed E-state index contributed by atoms with van der Waals surface area (Å²) < 4.78 is 0. The Bertz CT molecular complexity index is 480. The van der Waals surface area contributed by atoms with Crippen molar-refractivity contribution in [2.45, 2.75) is 19.4 Å². The van der Waals surface area contributed by atoms with Crippen LogP contribution in [0, 0.1) is 0 Å². The molecule has 7 heteroatoms. The van der Waals surface area contributed by atoms with Crippen molar-refractivity contribution in [3.05, 3.63) is 28.2 Å². The van der Waals surface area contributed by atoms with Crippen LogP contribution in [0.1, 0.15) is 13.3 Å². The number of carbonyl (C=O) groups is 2. The zero-order chi connectivity index (χ0) is 14.4. The molecule has 19 heavy (non-hydrogen) atoms. The highest BCUT2D eigenvalue weighted by Crippen LogP contribution is 2.25. The van der Waals surface area contributed by atoms with Gasteiger partial charge in [0.25, 0.3) is 0 Å². The van der Waals surface area contributed by atoms with Crippen LogP contribution in [0.2, 0.25) is 10.0 Å². The van der Waals surface area contributed by atoms with Gasteiger partial charge in [-0.2, -0.15) is 0 Å². The van der Waals surface area contributed by atoms with Crippen LogP contribution >= 0.6 is 23.2 Å². The average Bonchev–Trinajstić information content (AvgIpc) is 2.33. The van der Waals surface area contributed by atoms with Gasteiger partial charge in [-0.05, 0) is 25.1 Å². The minimum atomic E-state index is -0.960. The molecule has 0 bridgehead atoms. The summed E-state index contributed by atoms with van der Waals surface area (Å²) in [4.78, 5) is 22.2. The normalized spacial score (nSPS) is 11.9. The minimum Gasteiger partial charge on any atom is -0.480 e. The molecular formula is C12H14Cl2N2O3. The Labute approximate surface area is 120 Å². The van der Waals surface area contributed by atoms with Crippen molar-refractivity contribution < 1.29 is 14.7 Å². The van der Waals surface area contributed by atoms with E-state index in [0.29, 0.717) is 15.7 Å². The molecule has 0 saturated heterocycles. The fraction of sp³-hybridized carbons (Fsp3) is 0.333. The van der Waals surface area contributed by atoms with Crippen LogP contribution in [0.15, 0.2) is 18.2 Å². The highest BCUT2D eigenvalue weighted by atomic mass is 35.5. The number of anilines is 1. The van der Waals surface area contributed by atoms with Gasteiger partial charge in [0.1, 0.15) is 6.04 Å². The fourth-order valence-electron chi connectivity index (χ4n) is 1.30. The molecule has 5 nitrogen and oxygen atoms in total. The average molecular weight is 305 g/mol. The number of amides is 1. The van der Waals surface area contributed by atoms with Crippen molar-refractivity contribution in [2.75, 3.05) is 11.9 Å². The van der Waals surface area contributed by atoms with Gasteiger partial charge in [0.15, 0.2) is 0 Å². The summed E-state index contributed by atoms with van der Waals surface area (Å²) in [6, 6.07) is 4.07. The number of rotatable bonds is 6. The van der Waals surface area contributed by atoms with E-state index >= 15 is 0 Å². The summed E-state index contributed by atoms with van der Waals surface area (Å²) in [5, 5.41) is 14.8. The van der Waals surface area contributed by atoms with Crippen molar-refractivity contribution in [2.24, 2.45) is 0 Å². The second-order valence-electron chi connectivity index (χ2n) is 3.94. The Hall–Kier alpha value is -1.30. The summed E-state index contributed by atoms with van der Waals surface area (Å²) in [5.74, 6) is -1.23. The van der Waals surface area contributed by atoms with Crippen LogP contribution in [0.3, 0.4) is 0 Å². The molecule has 1 amide bonds. The number of aliphatic carboxylic acids is 1. The molecule has 0 aliphatic carbocycles. The largest absolute Gasteiger partial charge is 0.480 e. The molecule has 0 aliphatic rings. The topological polar surface area (TPSA) is 78.4 Å². The highest BCUT2D eigenvalue weighted by molar-refractivity contribution is 6.35. The molecule has 1 aromatic carbocycles. The monoisotopic (exact) mass is 304 g/mol. The van der Waals surface area contributed by atoms with Crippen LogP contribution in [0.5, 0.6) is 0 Å². The van der Waals surface area contributed by atoms with Gasteiger partial charge in [-0.1, -0.05) is 23.2 Å². The summed E-state index contributed by atoms with van der Waals surface area (Å²) in [6.45, 7) is 1.77. The van der Waals surface area contributed by atoms with Gasteiger partial charge < -0.3 is 15.7 Å². The predicted molar refractivity (Wildman–Crippen MR) is 74.8 cm³/mol. The standard InChI is InChI=1S/C12H14Cl2N2O3/c1-7(12(18)19)15-5-4-11(17)16-10-6-8(13)2-3-9(10)14/h2-3,6-7,15H,4-5H2,1H3,(H,16,17)(H,18,19)/t7-/m0/s1. The lowest BCUT2D eigenvalue weighted by atomic mass is 10.3. The first-order valence-corrected chi connectivity index (χ1v) is 6.37. The fourth-order valence-corrected chi connectivity index (χ4v) is 1.63. The summed E-state index contributed by atoms with van der Waals surface area (Å²) in [6.07, 6.45) is 0.139. The van der Waals surface area contributed by atoms with Crippen LogP contribution in [0.4, 0.5) is 5.69 Å². The van der Waals surface area contributed by atoms with E-state index in [1.807, 2.05) is 0 Å². The van der Waals surface area contributed by atoms with Gasteiger partial charge in [-0.25, -0.2) is 0 Å². The third-order valence-corrected chi connectivity index (χ3v) is 2.94. The Morgan fingerprint density at radius 3 is 2.68 bits per heavy atom. The SMILES string of the molecule is C[C@H](NCCC(=O)Nc1cc(Cl)ccc1Cl)C(=O)O. The number of hydrogen-bond acceptors (Lipinski definition) is 3. The number of hydrogen-bond donors (Lipinski definition) is 3. The lowest BCUT2D eigenvalue weighted by Crippen LogP contribution is -2.35. The molecule has 1 rings (SSSR count). The third kappa shape index (κ3) is 5.46.